The molecule has 2 aromatic rings. The van der Waals surface area contributed by atoms with Crippen LogP contribution in [-0.2, 0) is 14.4 Å². The van der Waals surface area contributed by atoms with Crippen LogP contribution in [0.25, 0.3) is 0 Å². The number of aryl methyl sites for hydroxylation is 3. The quantitative estimate of drug-likeness (QED) is 0.662. The first-order valence-corrected chi connectivity index (χ1v) is 11.7. The SMILES string of the molecule is C=C(NC(=O)COc1ccc(C)c(C)c1)N(C)C(=O)C1CN(C(=O)C2CC2)c2cc(C)ccc2O1. The van der Waals surface area contributed by atoms with Crippen molar-refractivity contribution in [3.8, 4) is 11.5 Å². The van der Waals surface area contributed by atoms with Gasteiger partial charge >= 0.3 is 0 Å². The number of carbonyl (C=O) groups excluding carboxylic acids is 3. The van der Waals surface area contributed by atoms with Gasteiger partial charge in [-0.2, -0.15) is 0 Å². The summed E-state index contributed by atoms with van der Waals surface area (Å²) in [6.45, 7) is 9.62. The fourth-order valence-electron chi connectivity index (χ4n) is 3.86. The van der Waals surface area contributed by atoms with Gasteiger partial charge in [0.1, 0.15) is 17.3 Å². The molecule has 0 bridgehead atoms. The van der Waals surface area contributed by atoms with Crippen molar-refractivity contribution in [1.82, 2.24) is 10.2 Å². The molecule has 8 heteroatoms. The summed E-state index contributed by atoms with van der Waals surface area (Å²) in [4.78, 5) is 41.4. The van der Waals surface area contributed by atoms with Gasteiger partial charge in [0.25, 0.3) is 11.8 Å². The van der Waals surface area contributed by atoms with E-state index in [1.165, 1.54) is 11.9 Å². The minimum absolute atomic E-state index is 0.00140. The van der Waals surface area contributed by atoms with Crippen LogP contribution in [0, 0.1) is 26.7 Å². The molecule has 3 amide bonds. The molecule has 184 valence electrons. The van der Waals surface area contributed by atoms with E-state index < -0.39 is 17.9 Å². The van der Waals surface area contributed by atoms with Crippen LogP contribution < -0.4 is 19.7 Å². The first-order chi connectivity index (χ1) is 16.6. The fourth-order valence-corrected chi connectivity index (χ4v) is 3.86. The van der Waals surface area contributed by atoms with E-state index in [1.807, 2.05) is 45.0 Å². The minimum atomic E-state index is -0.918. The van der Waals surface area contributed by atoms with Crippen LogP contribution in [0.3, 0.4) is 0 Å². The molecule has 4 rings (SSSR count). The Morgan fingerprint density at radius 2 is 1.86 bits per heavy atom. The third kappa shape index (κ3) is 5.48. The highest BCUT2D eigenvalue weighted by Gasteiger charge is 2.41. The molecule has 1 heterocycles. The van der Waals surface area contributed by atoms with Gasteiger partial charge in [0.2, 0.25) is 5.91 Å². The van der Waals surface area contributed by atoms with Crippen LogP contribution in [0.5, 0.6) is 11.5 Å². The molecule has 0 spiro atoms. The van der Waals surface area contributed by atoms with E-state index in [0.717, 1.165) is 29.5 Å². The van der Waals surface area contributed by atoms with Crippen molar-refractivity contribution >= 4 is 23.4 Å². The summed E-state index contributed by atoms with van der Waals surface area (Å²) in [7, 11) is 1.51. The molecule has 1 saturated carbocycles. The molecule has 2 aliphatic rings. The summed E-state index contributed by atoms with van der Waals surface area (Å²) in [5.74, 6) is 0.330. The topological polar surface area (TPSA) is 88.2 Å². The number of carbonyl (C=O) groups is 3. The molecule has 0 aromatic heterocycles. The Morgan fingerprint density at radius 1 is 1.11 bits per heavy atom. The Kier molecular flexibility index (Phi) is 6.82. The van der Waals surface area contributed by atoms with Crippen LogP contribution in [0.2, 0.25) is 0 Å². The fraction of sp³-hybridized carbons (Fsp3) is 0.370. The number of amides is 3. The van der Waals surface area contributed by atoms with Crippen LogP contribution >= 0.6 is 0 Å². The maximum absolute atomic E-state index is 13.2. The molecule has 2 aromatic carbocycles. The van der Waals surface area contributed by atoms with Gasteiger partial charge in [0.05, 0.1) is 12.2 Å². The van der Waals surface area contributed by atoms with E-state index in [1.54, 1.807) is 17.0 Å². The van der Waals surface area contributed by atoms with Gasteiger partial charge in [0, 0.05) is 13.0 Å². The molecule has 0 radical (unpaired) electrons. The van der Waals surface area contributed by atoms with Gasteiger partial charge in [-0.05, 0) is 74.6 Å². The number of likely N-dealkylation sites (N-methyl/N-ethyl adjacent to an activating group) is 1. The highest BCUT2D eigenvalue weighted by molar-refractivity contribution is 6.00. The van der Waals surface area contributed by atoms with E-state index in [-0.39, 0.29) is 30.8 Å². The predicted octanol–water partition coefficient (Wildman–Crippen LogP) is 3.24. The number of hydrogen-bond acceptors (Lipinski definition) is 5. The van der Waals surface area contributed by atoms with Crippen molar-refractivity contribution in [2.75, 3.05) is 25.1 Å². The van der Waals surface area contributed by atoms with Gasteiger partial charge in [-0.3, -0.25) is 19.3 Å². The van der Waals surface area contributed by atoms with Crippen molar-refractivity contribution in [3.63, 3.8) is 0 Å². The summed E-state index contributed by atoms with van der Waals surface area (Å²) >= 11 is 0. The lowest BCUT2D eigenvalue weighted by Crippen LogP contribution is -2.52. The monoisotopic (exact) mass is 477 g/mol. The molecular formula is C27H31N3O5. The summed E-state index contributed by atoms with van der Waals surface area (Å²) in [5, 5.41) is 2.60. The normalized spacial score (nSPS) is 16.6. The zero-order chi connectivity index (χ0) is 25.3. The molecule has 0 saturated heterocycles. The predicted molar refractivity (Wildman–Crippen MR) is 132 cm³/mol. The van der Waals surface area contributed by atoms with Gasteiger partial charge in [-0.1, -0.05) is 18.7 Å². The van der Waals surface area contributed by atoms with E-state index in [9.17, 15) is 14.4 Å². The highest BCUT2D eigenvalue weighted by Crippen LogP contribution is 2.39. The smallest absolute Gasteiger partial charge is 0.270 e. The Bertz CT molecular complexity index is 1190. The van der Waals surface area contributed by atoms with Gasteiger partial charge in [-0.25, -0.2) is 0 Å². The largest absolute Gasteiger partial charge is 0.484 e. The van der Waals surface area contributed by atoms with Crippen LogP contribution in [0.15, 0.2) is 48.8 Å². The summed E-state index contributed by atoms with van der Waals surface area (Å²) < 4.78 is 11.5. The Hall–Kier alpha value is -3.81. The number of fused-ring (bicyclic) bond motifs is 1. The molecule has 1 atom stereocenters. The maximum Gasteiger partial charge on any atom is 0.270 e. The molecule has 1 aliphatic heterocycles. The number of hydrogen-bond donors (Lipinski definition) is 1. The summed E-state index contributed by atoms with van der Waals surface area (Å²) in [6.07, 6.45) is 0.810. The van der Waals surface area contributed by atoms with Gasteiger partial charge < -0.3 is 19.7 Å². The zero-order valence-corrected chi connectivity index (χ0v) is 20.6. The van der Waals surface area contributed by atoms with E-state index in [4.69, 9.17) is 9.47 Å². The van der Waals surface area contributed by atoms with Gasteiger partial charge in [-0.15, -0.1) is 0 Å². The Labute approximate surface area is 205 Å². The van der Waals surface area contributed by atoms with E-state index in [0.29, 0.717) is 17.2 Å². The number of rotatable bonds is 7. The average Bonchev–Trinajstić information content (AvgIpc) is 3.68. The Balaban J connectivity index is 1.38. The van der Waals surface area contributed by atoms with Crippen molar-refractivity contribution in [1.29, 1.82) is 0 Å². The molecule has 1 fully saturated rings. The van der Waals surface area contributed by atoms with Crippen molar-refractivity contribution in [2.45, 2.75) is 39.7 Å². The second-order valence-corrected chi connectivity index (χ2v) is 9.23. The van der Waals surface area contributed by atoms with Crippen LogP contribution in [0.1, 0.15) is 29.5 Å². The van der Waals surface area contributed by atoms with Gasteiger partial charge in [0.15, 0.2) is 12.7 Å². The lowest BCUT2D eigenvalue weighted by Gasteiger charge is -2.36. The summed E-state index contributed by atoms with van der Waals surface area (Å²) in [6, 6.07) is 11.1. The molecule has 1 N–H and O–H groups in total. The van der Waals surface area contributed by atoms with E-state index in [2.05, 4.69) is 11.9 Å². The molecule has 8 nitrogen and oxygen atoms in total. The number of nitrogens with one attached hydrogen (secondary N) is 1. The molecular weight excluding hydrogens is 446 g/mol. The molecule has 1 unspecified atom stereocenters. The lowest BCUT2D eigenvalue weighted by atomic mass is 10.1. The van der Waals surface area contributed by atoms with Crippen LogP contribution in [-0.4, -0.2) is 48.9 Å². The molecule has 35 heavy (non-hydrogen) atoms. The number of ether oxygens (including phenoxy) is 2. The second-order valence-electron chi connectivity index (χ2n) is 9.23. The summed E-state index contributed by atoms with van der Waals surface area (Å²) in [5.41, 5.74) is 3.89. The average molecular weight is 478 g/mol. The number of nitrogens with zero attached hydrogens (tertiary/aromatic N) is 2. The number of anilines is 1. The van der Waals surface area contributed by atoms with Crippen molar-refractivity contribution in [2.24, 2.45) is 5.92 Å². The molecule has 1 aliphatic carbocycles. The third-order valence-corrected chi connectivity index (χ3v) is 6.36. The standard InChI is InChI=1S/C27H31N3O5/c1-16-6-11-23-22(12-16)30(26(32)20-8-9-20)14-24(35-23)27(33)29(5)19(4)28-25(31)15-34-21-10-7-17(2)18(3)13-21/h6-7,10-13,20,24H,4,8-9,14-15H2,1-3,5H3,(H,28,31). The maximum atomic E-state index is 13.2. The minimum Gasteiger partial charge on any atom is -0.484 e. The highest BCUT2D eigenvalue weighted by atomic mass is 16.5. The lowest BCUT2D eigenvalue weighted by molar-refractivity contribution is -0.136. The second kappa shape index (κ2) is 9.82. The Morgan fingerprint density at radius 3 is 2.54 bits per heavy atom. The first-order valence-electron chi connectivity index (χ1n) is 11.7. The first kappa shape index (κ1) is 24.3. The van der Waals surface area contributed by atoms with Crippen molar-refractivity contribution in [3.05, 3.63) is 65.5 Å². The van der Waals surface area contributed by atoms with Crippen molar-refractivity contribution < 1.29 is 23.9 Å². The zero-order valence-electron chi connectivity index (χ0n) is 20.6. The van der Waals surface area contributed by atoms with E-state index >= 15 is 0 Å². The van der Waals surface area contributed by atoms with Crippen LogP contribution in [0.4, 0.5) is 5.69 Å². The third-order valence-electron chi connectivity index (χ3n) is 6.36. The number of benzene rings is 2.